The molecule has 0 aliphatic rings. The minimum absolute atomic E-state index is 0. The summed E-state index contributed by atoms with van der Waals surface area (Å²) >= 11 is 0. The zero-order valence-electron chi connectivity index (χ0n) is 15.5. The van der Waals surface area contributed by atoms with Crippen LogP contribution in [0.4, 0.5) is 0 Å². The molecule has 24 heavy (non-hydrogen) atoms. The zero-order chi connectivity index (χ0) is 18.1. The number of aryl methyl sites for hydroxylation is 1. The second-order valence-electron chi connectivity index (χ2n) is 7.92. The fraction of sp³-hybridized carbons (Fsp3) is 0.647. The van der Waals surface area contributed by atoms with Crippen molar-refractivity contribution in [1.82, 2.24) is 0 Å². The van der Waals surface area contributed by atoms with Gasteiger partial charge in [0.1, 0.15) is 5.75 Å². The molecule has 1 rings (SSSR count). The van der Waals surface area contributed by atoms with Gasteiger partial charge in [0.15, 0.2) is 0 Å². The molecule has 0 aromatic heterocycles. The van der Waals surface area contributed by atoms with Gasteiger partial charge < -0.3 is 24.0 Å². The maximum Gasteiger partial charge on any atom is 2.00 e. The first-order valence-corrected chi connectivity index (χ1v) is 9.21. The van der Waals surface area contributed by atoms with E-state index in [1.54, 1.807) is 0 Å². The Balaban J connectivity index is 0.00000529. The molecule has 0 saturated heterocycles. The topological polar surface area (TPSA) is 92.7 Å². The molecule has 0 fully saturated rings. The Morgan fingerprint density at radius 3 is 1.79 bits per heavy atom. The first kappa shape index (κ1) is 24.4. The SMILES string of the molecule is CC(C)(C)c1cc(CCCOP(=O)([O-])[O-])cc(C(C)(C)C)c1O.[Ca+2]. The van der Waals surface area contributed by atoms with Crippen molar-refractivity contribution >= 4 is 45.6 Å². The largest absolute Gasteiger partial charge is 2.00 e. The Kier molecular flexibility index (Phi) is 9.00. The number of phosphoric acid groups is 1. The molecular formula is C17H27CaO5P. The summed E-state index contributed by atoms with van der Waals surface area (Å²) in [6.45, 7) is 12.1. The van der Waals surface area contributed by atoms with Crippen molar-refractivity contribution < 1.29 is 24.0 Å². The van der Waals surface area contributed by atoms with E-state index in [0.717, 1.165) is 16.7 Å². The number of rotatable bonds is 5. The summed E-state index contributed by atoms with van der Waals surface area (Å²) in [6.07, 6.45) is 0.999. The van der Waals surface area contributed by atoms with E-state index in [4.69, 9.17) is 0 Å². The first-order valence-electron chi connectivity index (χ1n) is 7.75. The molecule has 5 nitrogen and oxygen atoms in total. The summed E-state index contributed by atoms with van der Waals surface area (Å²) in [4.78, 5) is 21.0. The third-order valence-corrected chi connectivity index (χ3v) is 4.14. The number of phenols is 1. The summed E-state index contributed by atoms with van der Waals surface area (Å²) in [5, 5.41) is 10.6. The second-order valence-corrected chi connectivity index (χ2v) is 9.08. The summed E-state index contributed by atoms with van der Waals surface area (Å²) in [6, 6.07) is 3.89. The Labute approximate surface area is 175 Å². The van der Waals surface area contributed by atoms with E-state index in [2.05, 4.69) is 4.52 Å². The monoisotopic (exact) mass is 382 g/mol. The third kappa shape index (κ3) is 7.74. The number of phenolic OH excluding ortho intramolecular Hbond substituents is 1. The quantitative estimate of drug-likeness (QED) is 0.479. The maximum atomic E-state index is 10.6. The van der Waals surface area contributed by atoms with Crippen molar-refractivity contribution in [2.24, 2.45) is 0 Å². The summed E-state index contributed by atoms with van der Waals surface area (Å²) in [7, 11) is -4.91. The molecule has 0 aliphatic heterocycles. The van der Waals surface area contributed by atoms with Crippen LogP contribution in [0.5, 0.6) is 5.75 Å². The van der Waals surface area contributed by atoms with Crippen molar-refractivity contribution in [3.05, 3.63) is 28.8 Å². The zero-order valence-corrected chi connectivity index (χ0v) is 18.6. The molecule has 1 N–H and O–H groups in total. The molecule has 1 aromatic rings. The predicted octanol–water partition coefficient (Wildman–Crippen LogP) is 2.38. The smallest absolute Gasteiger partial charge is 0.790 e. The molecule has 0 heterocycles. The van der Waals surface area contributed by atoms with Crippen molar-refractivity contribution in [2.75, 3.05) is 6.61 Å². The van der Waals surface area contributed by atoms with Crippen LogP contribution in [0.15, 0.2) is 12.1 Å². The van der Waals surface area contributed by atoms with Crippen LogP contribution in [-0.2, 0) is 26.3 Å². The van der Waals surface area contributed by atoms with E-state index in [9.17, 15) is 19.5 Å². The van der Waals surface area contributed by atoms with E-state index < -0.39 is 7.82 Å². The minimum Gasteiger partial charge on any atom is -0.790 e. The summed E-state index contributed by atoms with van der Waals surface area (Å²) < 4.78 is 14.7. The second kappa shape index (κ2) is 8.85. The molecule has 132 valence electrons. The fourth-order valence-corrected chi connectivity index (χ4v) is 2.79. The number of hydrogen-bond acceptors (Lipinski definition) is 5. The van der Waals surface area contributed by atoms with E-state index in [-0.39, 0.29) is 55.2 Å². The van der Waals surface area contributed by atoms with Crippen molar-refractivity contribution in [2.45, 2.75) is 65.2 Å². The average molecular weight is 382 g/mol. The maximum absolute atomic E-state index is 10.6. The third-order valence-electron chi connectivity index (χ3n) is 3.64. The van der Waals surface area contributed by atoms with Gasteiger partial charge in [-0.3, -0.25) is 0 Å². The van der Waals surface area contributed by atoms with Gasteiger partial charge in [0.05, 0.1) is 14.4 Å². The van der Waals surface area contributed by atoms with Gasteiger partial charge in [-0.05, 0) is 40.4 Å². The van der Waals surface area contributed by atoms with Crippen LogP contribution in [0.1, 0.15) is 64.7 Å². The molecule has 0 saturated carbocycles. The molecule has 7 heteroatoms. The summed E-state index contributed by atoms with van der Waals surface area (Å²) in [5.41, 5.74) is 2.29. The van der Waals surface area contributed by atoms with Crippen molar-refractivity contribution in [1.29, 1.82) is 0 Å². The molecule has 1 aromatic carbocycles. The predicted molar refractivity (Wildman–Crippen MR) is 93.1 cm³/mol. The van der Waals surface area contributed by atoms with Crippen LogP contribution < -0.4 is 9.79 Å². The Morgan fingerprint density at radius 2 is 1.46 bits per heavy atom. The molecular weight excluding hydrogens is 355 g/mol. The molecule has 0 unspecified atom stereocenters. The van der Waals surface area contributed by atoms with E-state index in [1.807, 2.05) is 53.7 Å². The number of hydrogen-bond donors (Lipinski definition) is 1. The average Bonchev–Trinajstić information content (AvgIpc) is 2.32. The molecule has 0 amide bonds. The number of benzene rings is 1. The van der Waals surface area contributed by atoms with E-state index in [1.165, 1.54) is 0 Å². The Bertz CT molecular complexity index is 561. The molecule has 0 radical (unpaired) electrons. The molecule has 0 aliphatic carbocycles. The van der Waals surface area contributed by atoms with Gasteiger partial charge in [0, 0.05) is 0 Å². The molecule has 0 bridgehead atoms. The van der Waals surface area contributed by atoms with E-state index >= 15 is 0 Å². The Hall–Kier alpha value is 0.390. The van der Waals surface area contributed by atoms with Crippen LogP contribution in [-0.4, -0.2) is 49.5 Å². The van der Waals surface area contributed by atoms with Crippen molar-refractivity contribution in [3.8, 4) is 5.75 Å². The number of aromatic hydroxyl groups is 1. The van der Waals surface area contributed by atoms with Gasteiger partial charge in [0.25, 0.3) is 0 Å². The van der Waals surface area contributed by atoms with Crippen LogP contribution in [0.25, 0.3) is 0 Å². The van der Waals surface area contributed by atoms with Gasteiger partial charge in [-0.25, -0.2) is 0 Å². The summed E-state index contributed by atoms with van der Waals surface area (Å²) in [5.74, 6) is 0.314. The van der Waals surface area contributed by atoms with Gasteiger partial charge in [-0.15, -0.1) is 0 Å². The van der Waals surface area contributed by atoms with Gasteiger partial charge in [-0.2, -0.15) is 0 Å². The van der Waals surface area contributed by atoms with Crippen LogP contribution >= 0.6 is 7.82 Å². The number of phosphoric ester groups is 1. The first-order chi connectivity index (χ1) is 10.2. The van der Waals surface area contributed by atoms with Crippen molar-refractivity contribution in [3.63, 3.8) is 0 Å². The Morgan fingerprint density at radius 1 is 1.04 bits per heavy atom. The fourth-order valence-electron chi connectivity index (χ4n) is 2.43. The van der Waals surface area contributed by atoms with Gasteiger partial charge in [-0.1, -0.05) is 53.7 Å². The standard InChI is InChI=1S/C17H29O5P.Ca/c1-16(2,3)13-10-12(8-7-9-22-23(19,20)21)11-14(15(13)18)17(4,5)6;/h10-11,18H,7-9H2,1-6H3,(H2,19,20,21);/q;+2/p-2. The minimum atomic E-state index is -4.91. The van der Waals surface area contributed by atoms with Gasteiger partial charge >= 0.3 is 37.7 Å². The molecule has 0 spiro atoms. The molecule has 0 atom stereocenters. The van der Waals surface area contributed by atoms with E-state index in [0.29, 0.717) is 18.6 Å². The van der Waals surface area contributed by atoms with Crippen LogP contribution in [0, 0.1) is 0 Å². The van der Waals surface area contributed by atoms with Gasteiger partial charge in [0.2, 0.25) is 0 Å². The van der Waals surface area contributed by atoms with Crippen LogP contribution in [0.2, 0.25) is 0 Å². The van der Waals surface area contributed by atoms with Crippen LogP contribution in [0.3, 0.4) is 0 Å². The normalized spacial score (nSPS) is 12.8.